The molecule has 0 aliphatic carbocycles. The lowest BCUT2D eigenvalue weighted by molar-refractivity contribution is -0.122. The number of carbonyl (C=O) groups is 1. The zero-order valence-electron chi connectivity index (χ0n) is 14.0. The van der Waals surface area contributed by atoms with Crippen LogP contribution in [0.5, 0.6) is 0 Å². The van der Waals surface area contributed by atoms with Gasteiger partial charge in [0.25, 0.3) is 0 Å². The Bertz CT molecular complexity index is 763. The zero-order chi connectivity index (χ0) is 18.0. The molecule has 0 radical (unpaired) electrons. The number of fused-ring (bicyclic) bond motifs is 1. The number of halogens is 2. The second-order valence-corrected chi connectivity index (χ2v) is 8.13. The third-order valence-electron chi connectivity index (χ3n) is 4.49. The minimum absolute atomic E-state index is 0.0190. The van der Waals surface area contributed by atoms with Gasteiger partial charge >= 0.3 is 0 Å². The molecule has 25 heavy (non-hydrogen) atoms. The summed E-state index contributed by atoms with van der Waals surface area (Å²) in [7, 11) is 0. The average molecular weight is 398 g/mol. The number of amides is 1. The van der Waals surface area contributed by atoms with E-state index in [-0.39, 0.29) is 11.9 Å². The van der Waals surface area contributed by atoms with Gasteiger partial charge < -0.3 is 11.1 Å². The lowest BCUT2D eigenvalue weighted by atomic mass is 10.0. The summed E-state index contributed by atoms with van der Waals surface area (Å²) in [5, 5.41) is 6.14. The van der Waals surface area contributed by atoms with Crippen molar-refractivity contribution in [3.05, 3.63) is 55.7 Å². The second-order valence-electron chi connectivity index (χ2n) is 6.31. The summed E-state index contributed by atoms with van der Waals surface area (Å²) in [5.41, 5.74) is 8.07. The summed E-state index contributed by atoms with van der Waals surface area (Å²) in [6, 6.07) is 7.33. The van der Waals surface area contributed by atoms with Crippen LogP contribution in [0.4, 0.5) is 0 Å². The van der Waals surface area contributed by atoms with Crippen molar-refractivity contribution in [3.8, 4) is 0 Å². The predicted molar refractivity (Wildman–Crippen MR) is 104 cm³/mol. The van der Waals surface area contributed by atoms with Crippen molar-refractivity contribution in [2.24, 2.45) is 5.73 Å². The van der Waals surface area contributed by atoms with E-state index < -0.39 is 6.04 Å². The number of hydrogen-bond donors (Lipinski definition) is 2. The molecule has 4 nitrogen and oxygen atoms in total. The molecular weight excluding hydrogens is 377 g/mol. The van der Waals surface area contributed by atoms with Crippen molar-refractivity contribution in [3.63, 3.8) is 0 Å². The summed E-state index contributed by atoms with van der Waals surface area (Å²) in [6.45, 7) is 3.96. The van der Waals surface area contributed by atoms with Crippen LogP contribution in [0.25, 0.3) is 0 Å². The molecular formula is C18H21Cl2N3OS. The highest BCUT2D eigenvalue weighted by Gasteiger charge is 2.26. The van der Waals surface area contributed by atoms with E-state index in [0.29, 0.717) is 16.6 Å². The summed E-state index contributed by atoms with van der Waals surface area (Å²) in [6.07, 6.45) is 1.02. The lowest BCUT2D eigenvalue weighted by Crippen LogP contribution is -2.44. The quantitative estimate of drug-likeness (QED) is 0.809. The average Bonchev–Trinajstić information content (AvgIpc) is 3.05. The van der Waals surface area contributed by atoms with Gasteiger partial charge in [-0.1, -0.05) is 29.3 Å². The van der Waals surface area contributed by atoms with Crippen molar-refractivity contribution in [2.75, 3.05) is 13.1 Å². The molecule has 0 spiro atoms. The topological polar surface area (TPSA) is 58.4 Å². The van der Waals surface area contributed by atoms with Crippen LogP contribution in [0, 0.1) is 0 Å². The Labute approximate surface area is 161 Å². The molecule has 3 N–H and O–H groups in total. The molecule has 1 unspecified atom stereocenters. The van der Waals surface area contributed by atoms with Crippen molar-refractivity contribution in [1.82, 2.24) is 10.2 Å². The highest BCUT2D eigenvalue weighted by Crippen LogP contribution is 2.32. The largest absolute Gasteiger partial charge is 0.353 e. The fraction of sp³-hybridized carbons (Fsp3) is 0.389. The van der Waals surface area contributed by atoms with Crippen LogP contribution in [-0.2, 0) is 17.8 Å². The standard InChI is InChI=1S/C18H21Cl2N3OS/c1-11(21)18(24)22-9-16(12-2-3-14(19)15(20)8-12)23-6-4-17-13(10-23)5-7-25-17/h2-3,5,7-8,11,16H,4,6,9-10,21H2,1H3,(H,22,24)/t11-,16?/m1/s1. The van der Waals surface area contributed by atoms with Gasteiger partial charge in [0.05, 0.1) is 22.1 Å². The maximum absolute atomic E-state index is 11.9. The van der Waals surface area contributed by atoms with Crippen LogP contribution < -0.4 is 11.1 Å². The van der Waals surface area contributed by atoms with E-state index in [9.17, 15) is 4.79 Å². The molecule has 3 rings (SSSR count). The second kappa shape index (κ2) is 8.06. The van der Waals surface area contributed by atoms with Crippen LogP contribution in [-0.4, -0.2) is 29.9 Å². The smallest absolute Gasteiger partial charge is 0.236 e. The summed E-state index contributed by atoms with van der Waals surface area (Å²) >= 11 is 14.1. The minimum Gasteiger partial charge on any atom is -0.353 e. The molecule has 134 valence electrons. The number of nitrogens with two attached hydrogens (primary N) is 1. The lowest BCUT2D eigenvalue weighted by Gasteiger charge is -2.35. The number of rotatable bonds is 5. The molecule has 1 aromatic carbocycles. The molecule has 2 aromatic rings. The molecule has 1 aliphatic heterocycles. The van der Waals surface area contributed by atoms with Gasteiger partial charge in [-0.05, 0) is 48.1 Å². The van der Waals surface area contributed by atoms with Crippen LogP contribution in [0.3, 0.4) is 0 Å². The van der Waals surface area contributed by atoms with Gasteiger partial charge in [0.15, 0.2) is 0 Å². The van der Waals surface area contributed by atoms with Crippen LogP contribution in [0.1, 0.15) is 29.0 Å². The number of nitrogens with one attached hydrogen (secondary N) is 1. The SMILES string of the molecule is C[C@@H](N)C(=O)NCC(c1ccc(Cl)c(Cl)c1)N1CCc2sccc2C1. The van der Waals surface area contributed by atoms with E-state index in [1.165, 1.54) is 10.4 Å². The Morgan fingerprint density at radius 2 is 2.16 bits per heavy atom. The Morgan fingerprint density at radius 1 is 1.36 bits per heavy atom. The van der Waals surface area contributed by atoms with Crippen LogP contribution >= 0.6 is 34.5 Å². The Kier molecular flexibility index (Phi) is 6.02. The Morgan fingerprint density at radius 3 is 2.88 bits per heavy atom. The van der Waals surface area contributed by atoms with Gasteiger partial charge in [-0.15, -0.1) is 11.3 Å². The Hall–Kier alpha value is -1.11. The number of carbonyl (C=O) groups excluding carboxylic acids is 1. The highest BCUT2D eigenvalue weighted by atomic mass is 35.5. The van der Waals surface area contributed by atoms with Gasteiger partial charge in [0, 0.05) is 24.5 Å². The molecule has 7 heteroatoms. The molecule has 2 heterocycles. The summed E-state index contributed by atoms with van der Waals surface area (Å²) in [5.74, 6) is -0.154. The van der Waals surface area contributed by atoms with E-state index in [0.717, 1.165) is 25.1 Å². The predicted octanol–water partition coefficient (Wildman–Crippen LogP) is 3.62. The first-order valence-corrected chi connectivity index (χ1v) is 9.87. The van der Waals surface area contributed by atoms with E-state index in [1.807, 2.05) is 23.5 Å². The van der Waals surface area contributed by atoms with Crippen LogP contribution in [0.15, 0.2) is 29.6 Å². The first-order valence-electron chi connectivity index (χ1n) is 8.23. The third kappa shape index (κ3) is 4.36. The summed E-state index contributed by atoms with van der Waals surface area (Å²) in [4.78, 5) is 15.8. The van der Waals surface area contributed by atoms with E-state index in [2.05, 4.69) is 21.7 Å². The van der Waals surface area contributed by atoms with Crippen molar-refractivity contribution < 1.29 is 4.79 Å². The number of benzene rings is 1. The zero-order valence-corrected chi connectivity index (χ0v) is 16.3. The highest BCUT2D eigenvalue weighted by molar-refractivity contribution is 7.10. The molecule has 2 atom stereocenters. The van der Waals surface area contributed by atoms with Crippen molar-refractivity contribution >= 4 is 40.4 Å². The van der Waals surface area contributed by atoms with E-state index in [4.69, 9.17) is 28.9 Å². The van der Waals surface area contributed by atoms with Gasteiger partial charge in [-0.25, -0.2) is 0 Å². The van der Waals surface area contributed by atoms with Crippen molar-refractivity contribution in [1.29, 1.82) is 0 Å². The monoisotopic (exact) mass is 397 g/mol. The summed E-state index contributed by atoms with van der Waals surface area (Å²) < 4.78 is 0. The van der Waals surface area contributed by atoms with Gasteiger partial charge in [-0.2, -0.15) is 0 Å². The third-order valence-corrected chi connectivity index (χ3v) is 6.25. The Balaban J connectivity index is 1.83. The van der Waals surface area contributed by atoms with Crippen LogP contribution in [0.2, 0.25) is 10.0 Å². The van der Waals surface area contributed by atoms with Gasteiger partial charge in [-0.3, -0.25) is 9.69 Å². The van der Waals surface area contributed by atoms with E-state index in [1.54, 1.807) is 13.0 Å². The van der Waals surface area contributed by atoms with E-state index >= 15 is 0 Å². The number of thiophene rings is 1. The first-order chi connectivity index (χ1) is 12.0. The molecule has 0 fully saturated rings. The molecule has 0 saturated heterocycles. The fourth-order valence-electron chi connectivity index (χ4n) is 3.07. The maximum atomic E-state index is 11.9. The molecule has 1 amide bonds. The van der Waals surface area contributed by atoms with Gasteiger partial charge in [0.1, 0.15) is 0 Å². The molecule has 0 saturated carbocycles. The molecule has 1 aliphatic rings. The normalized spacial score (nSPS) is 17.0. The van der Waals surface area contributed by atoms with Crippen molar-refractivity contribution in [2.45, 2.75) is 32.0 Å². The number of hydrogen-bond acceptors (Lipinski definition) is 4. The maximum Gasteiger partial charge on any atom is 0.236 e. The number of nitrogens with zero attached hydrogens (tertiary/aromatic N) is 1. The molecule has 1 aromatic heterocycles. The fourth-order valence-corrected chi connectivity index (χ4v) is 4.27. The first kappa shape index (κ1) is 18.7. The van der Waals surface area contributed by atoms with Gasteiger partial charge in [0.2, 0.25) is 5.91 Å². The molecule has 0 bridgehead atoms. The minimum atomic E-state index is -0.528.